The van der Waals surface area contributed by atoms with Crippen molar-refractivity contribution in [1.29, 1.82) is 5.26 Å². The largest absolute Gasteiger partial charge is 0.440 e. The van der Waals surface area contributed by atoms with E-state index >= 15 is 0 Å². The molecule has 0 saturated carbocycles. The lowest BCUT2D eigenvalue weighted by Gasteiger charge is -2.25. The molecular formula is C18H15N3O4. The number of hydrogen-bond donors (Lipinski definition) is 2. The van der Waals surface area contributed by atoms with E-state index in [9.17, 15) is 14.9 Å². The number of ether oxygens (including phenoxy) is 1. The zero-order chi connectivity index (χ0) is 18.1. The minimum absolute atomic E-state index is 0.0454. The van der Waals surface area contributed by atoms with Crippen LogP contribution in [0.1, 0.15) is 29.7 Å². The van der Waals surface area contributed by atoms with Crippen LogP contribution >= 0.6 is 0 Å². The van der Waals surface area contributed by atoms with Crippen LogP contribution in [0.25, 0.3) is 0 Å². The molecule has 0 fully saturated rings. The molecule has 1 aromatic heterocycles. The van der Waals surface area contributed by atoms with Crippen molar-refractivity contribution in [2.24, 2.45) is 5.73 Å². The van der Waals surface area contributed by atoms with E-state index in [2.05, 4.69) is 5.32 Å². The third-order valence-electron chi connectivity index (χ3n) is 3.82. The van der Waals surface area contributed by atoms with Gasteiger partial charge in [-0.1, -0.05) is 12.1 Å². The lowest BCUT2D eigenvalue weighted by atomic mass is 9.84. The summed E-state index contributed by atoms with van der Waals surface area (Å²) in [4.78, 5) is 23.5. The molecule has 0 bridgehead atoms. The number of anilines is 1. The SMILES string of the molecule is CC(=O)Nc1ccc([C@H]2C(C#N)=C(N)Oc3cc(C)oc(=O)c32)cc1. The van der Waals surface area contributed by atoms with Gasteiger partial charge in [0, 0.05) is 18.7 Å². The molecule has 0 saturated heterocycles. The lowest BCUT2D eigenvalue weighted by molar-refractivity contribution is -0.114. The highest BCUT2D eigenvalue weighted by molar-refractivity contribution is 5.88. The number of carbonyl (C=O) groups excluding carboxylic acids is 1. The second-order valence-corrected chi connectivity index (χ2v) is 5.65. The Bertz CT molecular complexity index is 981. The van der Waals surface area contributed by atoms with E-state index in [1.807, 2.05) is 6.07 Å². The maximum Gasteiger partial charge on any atom is 0.343 e. The van der Waals surface area contributed by atoms with Gasteiger partial charge in [-0.3, -0.25) is 4.79 Å². The molecule has 0 aliphatic carbocycles. The first-order valence-corrected chi connectivity index (χ1v) is 7.50. The first-order valence-electron chi connectivity index (χ1n) is 7.50. The first kappa shape index (κ1) is 16.3. The molecule has 3 N–H and O–H groups in total. The quantitative estimate of drug-likeness (QED) is 0.866. The second kappa shape index (κ2) is 6.17. The van der Waals surface area contributed by atoms with Crippen molar-refractivity contribution in [2.75, 3.05) is 5.32 Å². The summed E-state index contributed by atoms with van der Waals surface area (Å²) in [6.45, 7) is 3.04. The summed E-state index contributed by atoms with van der Waals surface area (Å²) in [5.41, 5.74) is 6.92. The average Bonchev–Trinajstić information content (AvgIpc) is 2.53. The Labute approximate surface area is 143 Å². The summed E-state index contributed by atoms with van der Waals surface area (Å²) in [5, 5.41) is 12.1. The molecule has 0 radical (unpaired) electrons. The van der Waals surface area contributed by atoms with Gasteiger partial charge in [0.15, 0.2) is 0 Å². The molecule has 3 rings (SSSR count). The average molecular weight is 337 g/mol. The Morgan fingerprint density at radius 3 is 2.60 bits per heavy atom. The minimum Gasteiger partial charge on any atom is -0.440 e. The molecule has 7 nitrogen and oxygen atoms in total. The van der Waals surface area contributed by atoms with E-state index < -0.39 is 11.5 Å². The van der Waals surface area contributed by atoms with Gasteiger partial charge in [-0.05, 0) is 24.6 Å². The third-order valence-corrected chi connectivity index (χ3v) is 3.82. The Morgan fingerprint density at radius 2 is 2.00 bits per heavy atom. The van der Waals surface area contributed by atoms with Crippen LogP contribution in [0.5, 0.6) is 5.75 Å². The molecule has 1 aliphatic heterocycles. The van der Waals surface area contributed by atoms with Crippen LogP contribution in [0.2, 0.25) is 0 Å². The molecule has 7 heteroatoms. The molecule has 1 aliphatic rings. The van der Waals surface area contributed by atoms with Gasteiger partial charge in [-0.15, -0.1) is 0 Å². The van der Waals surface area contributed by atoms with Crippen LogP contribution in [-0.4, -0.2) is 5.91 Å². The van der Waals surface area contributed by atoms with Gasteiger partial charge < -0.3 is 20.2 Å². The number of rotatable bonds is 2. The van der Waals surface area contributed by atoms with E-state index in [-0.39, 0.29) is 28.7 Å². The van der Waals surface area contributed by atoms with Crippen molar-refractivity contribution in [3.05, 3.63) is 69.1 Å². The lowest BCUT2D eigenvalue weighted by Crippen LogP contribution is -2.26. The normalized spacial score (nSPS) is 15.8. The maximum absolute atomic E-state index is 12.4. The molecule has 1 aromatic carbocycles. The highest BCUT2D eigenvalue weighted by Crippen LogP contribution is 2.40. The number of fused-ring (bicyclic) bond motifs is 1. The molecule has 126 valence electrons. The summed E-state index contributed by atoms with van der Waals surface area (Å²) in [6.07, 6.45) is 0. The summed E-state index contributed by atoms with van der Waals surface area (Å²) in [6, 6.07) is 10.4. The Hall–Kier alpha value is -3.53. The van der Waals surface area contributed by atoms with E-state index in [4.69, 9.17) is 14.9 Å². The number of allylic oxidation sites excluding steroid dienone is 1. The molecule has 0 spiro atoms. The van der Waals surface area contributed by atoms with Gasteiger partial charge in [0.1, 0.15) is 23.2 Å². The van der Waals surface area contributed by atoms with Crippen LogP contribution in [0, 0.1) is 18.3 Å². The van der Waals surface area contributed by atoms with Crippen molar-refractivity contribution in [3.8, 4) is 11.8 Å². The van der Waals surface area contributed by atoms with Crippen molar-refractivity contribution >= 4 is 11.6 Å². The minimum atomic E-state index is -0.697. The topological polar surface area (TPSA) is 118 Å². The van der Waals surface area contributed by atoms with E-state index in [1.54, 1.807) is 37.3 Å². The number of aryl methyl sites for hydroxylation is 1. The Balaban J connectivity index is 2.15. The predicted octanol–water partition coefficient (Wildman–Crippen LogP) is 2.12. The number of nitrogens with one attached hydrogen (secondary N) is 1. The number of hydrogen-bond acceptors (Lipinski definition) is 6. The van der Waals surface area contributed by atoms with E-state index in [0.29, 0.717) is 17.0 Å². The molecule has 2 aromatic rings. The Kier molecular flexibility index (Phi) is 4.03. The number of amides is 1. The number of benzene rings is 1. The third kappa shape index (κ3) is 2.97. The second-order valence-electron chi connectivity index (χ2n) is 5.65. The summed E-state index contributed by atoms with van der Waals surface area (Å²) >= 11 is 0. The monoisotopic (exact) mass is 337 g/mol. The molecule has 1 atom stereocenters. The van der Waals surface area contributed by atoms with Gasteiger partial charge in [0.2, 0.25) is 11.8 Å². The molecular weight excluding hydrogens is 322 g/mol. The maximum atomic E-state index is 12.4. The van der Waals surface area contributed by atoms with Crippen LogP contribution in [0.4, 0.5) is 5.69 Å². The molecule has 1 amide bonds. The number of carbonyl (C=O) groups is 1. The summed E-state index contributed by atoms with van der Waals surface area (Å²) in [7, 11) is 0. The molecule has 0 unspecified atom stereocenters. The fourth-order valence-electron chi connectivity index (χ4n) is 2.81. The van der Waals surface area contributed by atoms with Crippen molar-refractivity contribution in [1.82, 2.24) is 0 Å². The van der Waals surface area contributed by atoms with Crippen LogP contribution in [-0.2, 0) is 4.79 Å². The van der Waals surface area contributed by atoms with Crippen LogP contribution in [0.15, 0.2) is 51.0 Å². The highest BCUT2D eigenvalue weighted by atomic mass is 16.5. The van der Waals surface area contributed by atoms with E-state index in [0.717, 1.165) is 0 Å². The molecule has 2 heterocycles. The Morgan fingerprint density at radius 1 is 1.32 bits per heavy atom. The standard InChI is InChI=1S/C18H15N3O4/c1-9-7-14-16(18(23)24-9)15(13(8-19)17(20)25-14)11-3-5-12(6-4-11)21-10(2)22/h3-7,15H,20H2,1-2H3,(H,21,22)/t15-/m0/s1. The zero-order valence-electron chi connectivity index (χ0n) is 13.6. The zero-order valence-corrected chi connectivity index (χ0v) is 13.6. The van der Waals surface area contributed by atoms with Crippen LogP contribution in [0.3, 0.4) is 0 Å². The van der Waals surface area contributed by atoms with Crippen molar-refractivity contribution in [2.45, 2.75) is 19.8 Å². The predicted molar refractivity (Wildman–Crippen MR) is 89.8 cm³/mol. The van der Waals surface area contributed by atoms with Crippen LogP contribution < -0.4 is 21.4 Å². The van der Waals surface area contributed by atoms with Gasteiger partial charge in [-0.25, -0.2) is 4.79 Å². The first-order chi connectivity index (χ1) is 11.9. The van der Waals surface area contributed by atoms with Gasteiger partial charge in [-0.2, -0.15) is 5.26 Å². The summed E-state index contributed by atoms with van der Waals surface area (Å²) in [5.74, 6) is -0.270. The fourth-order valence-corrected chi connectivity index (χ4v) is 2.81. The number of nitrogens with two attached hydrogens (primary N) is 1. The fraction of sp³-hybridized carbons (Fsp3) is 0.167. The van der Waals surface area contributed by atoms with Crippen molar-refractivity contribution in [3.63, 3.8) is 0 Å². The number of nitriles is 1. The van der Waals surface area contributed by atoms with Crippen molar-refractivity contribution < 1.29 is 13.9 Å². The smallest absolute Gasteiger partial charge is 0.343 e. The molecule has 25 heavy (non-hydrogen) atoms. The van der Waals surface area contributed by atoms with Gasteiger partial charge in [0.25, 0.3) is 0 Å². The highest BCUT2D eigenvalue weighted by Gasteiger charge is 2.34. The van der Waals surface area contributed by atoms with Gasteiger partial charge >= 0.3 is 5.63 Å². The summed E-state index contributed by atoms with van der Waals surface area (Å²) < 4.78 is 10.6. The van der Waals surface area contributed by atoms with E-state index in [1.165, 1.54) is 6.92 Å². The number of nitrogens with zero attached hydrogens (tertiary/aromatic N) is 1. The van der Waals surface area contributed by atoms with Gasteiger partial charge in [0.05, 0.1) is 11.5 Å².